The molecule has 1 unspecified atom stereocenters. The van der Waals surface area contributed by atoms with Crippen LogP contribution in [0.5, 0.6) is 0 Å². The quantitative estimate of drug-likeness (QED) is 0.837. The number of carbonyl (C=O) groups is 2. The molecule has 1 aromatic rings. The van der Waals surface area contributed by atoms with Crippen LogP contribution in [0.15, 0.2) is 18.2 Å². The Morgan fingerprint density at radius 2 is 2.11 bits per heavy atom. The summed E-state index contributed by atoms with van der Waals surface area (Å²) >= 11 is 0. The molecule has 0 saturated heterocycles. The number of carboxylic acid groups (broad SMARTS) is 1. The lowest BCUT2D eigenvalue weighted by Gasteiger charge is -2.37. The van der Waals surface area contributed by atoms with Crippen LogP contribution in [-0.2, 0) is 4.79 Å². The van der Waals surface area contributed by atoms with E-state index in [1.54, 1.807) is 12.1 Å². The summed E-state index contributed by atoms with van der Waals surface area (Å²) in [4.78, 5) is 24.8. The van der Waals surface area contributed by atoms with Gasteiger partial charge in [0.2, 0.25) is 5.91 Å². The molecule has 1 atom stereocenters. The van der Waals surface area contributed by atoms with Crippen LogP contribution in [0.4, 0.5) is 11.4 Å². The van der Waals surface area contributed by atoms with E-state index in [1.165, 1.54) is 6.07 Å². The van der Waals surface area contributed by atoms with Gasteiger partial charge in [-0.3, -0.25) is 4.79 Å². The van der Waals surface area contributed by atoms with Crippen LogP contribution in [0.1, 0.15) is 24.2 Å². The predicted octanol–water partition coefficient (Wildman–Crippen LogP) is 1.80. The van der Waals surface area contributed by atoms with Gasteiger partial charge in [-0.1, -0.05) is 13.8 Å². The molecular formula is C13H16N2O3. The van der Waals surface area contributed by atoms with Crippen LogP contribution in [-0.4, -0.2) is 30.1 Å². The van der Waals surface area contributed by atoms with Crippen molar-refractivity contribution in [2.75, 3.05) is 17.3 Å². The number of anilines is 2. The van der Waals surface area contributed by atoms with E-state index in [4.69, 9.17) is 5.11 Å². The number of benzene rings is 1. The molecule has 5 nitrogen and oxygen atoms in total. The van der Waals surface area contributed by atoms with E-state index >= 15 is 0 Å². The maximum atomic E-state index is 12.0. The van der Waals surface area contributed by atoms with Gasteiger partial charge in [0.1, 0.15) is 6.04 Å². The van der Waals surface area contributed by atoms with Gasteiger partial charge in [0.05, 0.1) is 16.9 Å². The Bertz CT molecular complexity index is 511. The van der Waals surface area contributed by atoms with Crippen LogP contribution in [0.2, 0.25) is 0 Å². The number of likely N-dealkylation sites (N-methyl/N-ethyl adjacent to an activating group) is 1. The lowest BCUT2D eigenvalue weighted by atomic mass is 9.98. The van der Waals surface area contributed by atoms with E-state index in [-0.39, 0.29) is 23.4 Å². The van der Waals surface area contributed by atoms with Gasteiger partial charge in [-0.2, -0.15) is 0 Å². The first-order valence-corrected chi connectivity index (χ1v) is 5.83. The highest BCUT2D eigenvalue weighted by Crippen LogP contribution is 2.33. The molecule has 0 aliphatic carbocycles. The van der Waals surface area contributed by atoms with Crippen molar-refractivity contribution in [3.63, 3.8) is 0 Å². The number of carbonyl (C=O) groups excluding carboxylic acids is 1. The largest absolute Gasteiger partial charge is 0.478 e. The van der Waals surface area contributed by atoms with Gasteiger partial charge in [0, 0.05) is 7.05 Å². The van der Waals surface area contributed by atoms with E-state index in [1.807, 2.05) is 25.8 Å². The average Bonchev–Trinajstić information content (AvgIpc) is 2.27. The highest BCUT2D eigenvalue weighted by Gasteiger charge is 2.32. The summed E-state index contributed by atoms with van der Waals surface area (Å²) in [5, 5.41) is 11.7. The first-order valence-electron chi connectivity index (χ1n) is 5.83. The molecule has 0 radical (unpaired) electrons. The van der Waals surface area contributed by atoms with Crippen molar-refractivity contribution < 1.29 is 14.7 Å². The predicted molar refractivity (Wildman–Crippen MR) is 69.1 cm³/mol. The number of hydrogen-bond donors (Lipinski definition) is 2. The SMILES string of the molecule is CC(C)C1C(=O)Nc2cc(C(=O)O)ccc2N1C. The molecule has 0 aromatic heterocycles. The summed E-state index contributed by atoms with van der Waals surface area (Å²) in [6.07, 6.45) is 0. The molecule has 1 amide bonds. The third kappa shape index (κ3) is 1.92. The number of rotatable bonds is 2. The molecule has 0 bridgehead atoms. The van der Waals surface area contributed by atoms with Crippen molar-refractivity contribution in [2.24, 2.45) is 5.92 Å². The summed E-state index contributed by atoms with van der Waals surface area (Å²) in [6.45, 7) is 3.97. The van der Waals surface area contributed by atoms with Gasteiger partial charge in [-0.25, -0.2) is 4.79 Å². The second-order valence-corrected chi connectivity index (χ2v) is 4.83. The molecule has 1 aliphatic rings. The Labute approximate surface area is 105 Å². The van der Waals surface area contributed by atoms with Crippen molar-refractivity contribution in [3.05, 3.63) is 23.8 Å². The topological polar surface area (TPSA) is 69.6 Å². The number of nitrogens with one attached hydrogen (secondary N) is 1. The van der Waals surface area contributed by atoms with Crippen LogP contribution >= 0.6 is 0 Å². The zero-order valence-electron chi connectivity index (χ0n) is 10.6. The number of fused-ring (bicyclic) bond motifs is 1. The molecule has 1 aromatic carbocycles. The van der Waals surface area contributed by atoms with Crippen LogP contribution in [0.25, 0.3) is 0 Å². The molecule has 0 saturated carbocycles. The Hall–Kier alpha value is -2.04. The van der Waals surface area contributed by atoms with E-state index in [0.717, 1.165) is 5.69 Å². The molecule has 0 spiro atoms. The molecule has 5 heteroatoms. The standard InChI is InChI=1S/C13H16N2O3/c1-7(2)11-12(16)14-9-6-8(13(17)18)4-5-10(9)15(11)3/h4-7,11H,1-3H3,(H,14,16)(H,17,18). The summed E-state index contributed by atoms with van der Waals surface area (Å²) in [6, 6.07) is 4.54. The minimum absolute atomic E-state index is 0.0949. The highest BCUT2D eigenvalue weighted by atomic mass is 16.4. The molecule has 2 N–H and O–H groups in total. The lowest BCUT2D eigenvalue weighted by molar-refractivity contribution is -0.118. The highest BCUT2D eigenvalue weighted by molar-refractivity contribution is 6.05. The first kappa shape index (κ1) is 12.4. The second-order valence-electron chi connectivity index (χ2n) is 4.83. The van der Waals surface area contributed by atoms with Gasteiger partial charge in [-0.05, 0) is 24.1 Å². The van der Waals surface area contributed by atoms with Gasteiger partial charge in [-0.15, -0.1) is 0 Å². The van der Waals surface area contributed by atoms with Gasteiger partial charge in [0.15, 0.2) is 0 Å². The summed E-state index contributed by atoms with van der Waals surface area (Å²) in [5.74, 6) is -0.912. The number of carboxylic acids is 1. The lowest BCUT2D eigenvalue weighted by Crippen LogP contribution is -2.49. The van der Waals surface area contributed by atoms with Gasteiger partial charge >= 0.3 is 5.97 Å². The molecule has 96 valence electrons. The second kappa shape index (κ2) is 4.33. The minimum atomic E-state index is -0.999. The number of aromatic carboxylic acids is 1. The number of amides is 1. The third-order valence-electron chi connectivity index (χ3n) is 3.20. The van der Waals surface area contributed by atoms with E-state index in [2.05, 4.69) is 5.32 Å². The molecule has 18 heavy (non-hydrogen) atoms. The van der Waals surface area contributed by atoms with Crippen LogP contribution < -0.4 is 10.2 Å². The Morgan fingerprint density at radius 1 is 1.44 bits per heavy atom. The Morgan fingerprint density at radius 3 is 2.67 bits per heavy atom. The molecule has 1 heterocycles. The van der Waals surface area contributed by atoms with Crippen molar-refractivity contribution in [3.8, 4) is 0 Å². The minimum Gasteiger partial charge on any atom is -0.478 e. The first-order chi connectivity index (χ1) is 8.41. The van der Waals surface area contributed by atoms with Crippen molar-refractivity contribution in [2.45, 2.75) is 19.9 Å². The van der Waals surface area contributed by atoms with Crippen LogP contribution in [0, 0.1) is 5.92 Å². The Balaban J connectivity index is 2.45. The fourth-order valence-corrected chi connectivity index (χ4v) is 2.36. The smallest absolute Gasteiger partial charge is 0.335 e. The van der Waals surface area contributed by atoms with Gasteiger partial charge < -0.3 is 15.3 Å². The Kier molecular flexibility index (Phi) is 2.98. The number of nitrogens with zero attached hydrogens (tertiary/aromatic N) is 1. The van der Waals surface area contributed by atoms with E-state index in [9.17, 15) is 9.59 Å². The summed E-state index contributed by atoms with van der Waals surface area (Å²) in [5.41, 5.74) is 1.57. The average molecular weight is 248 g/mol. The van der Waals surface area contributed by atoms with Crippen molar-refractivity contribution >= 4 is 23.3 Å². The molecular weight excluding hydrogens is 232 g/mol. The van der Waals surface area contributed by atoms with Gasteiger partial charge in [0.25, 0.3) is 0 Å². The monoisotopic (exact) mass is 248 g/mol. The summed E-state index contributed by atoms with van der Waals surface area (Å²) < 4.78 is 0. The van der Waals surface area contributed by atoms with Crippen LogP contribution in [0.3, 0.4) is 0 Å². The maximum Gasteiger partial charge on any atom is 0.335 e. The van der Waals surface area contributed by atoms with E-state index < -0.39 is 5.97 Å². The fourth-order valence-electron chi connectivity index (χ4n) is 2.36. The fraction of sp³-hybridized carbons (Fsp3) is 0.385. The number of hydrogen-bond acceptors (Lipinski definition) is 3. The molecule has 0 fully saturated rings. The maximum absolute atomic E-state index is 12.0. The van der Waals surface area contributed by atoms with Crippen molar-refractivity contribution in [1.29, 1.82) is 0 Å². The normalized spacial score (nSPS) is 18.6. The zero-order chi connectivity index (χ0) is 13.4. The molecule has 1 aliphatic heterocycles. The van der Waals surface area contributed by atoms with Crippen molar-refractivity contribution in [1.82, 2.24) is 0 Å². The van der Waals surface area contributed by atoms with E-state index in [0.29, 0.717) is 5.69 Å². The summed E-state index contributed by atoms with van der Waals surface area (Å²) in [7, 11) is 1.85. The molecule has 2 rings (SSSR count). The third-order valence-corrected chi connectivity index (χ3v) is 3.20. The zero-order valence-corrected chi connectivity index (χ0v) is 10.6.